The van der Waals surface area contributed by atoms with Crippen LogP contribution in [0, 0.1) is 0 Å². The number of nitrogens with zero attached hydrogens (tertiary/aromatic N) is 2. The van der Waals surface area contributed by atoms with Gasteiger partial charge >= 0.3 is 0 Å². The largest absolute Gasteiger partial charge is 0.359 e. The van der Waals surface area contributed by atoms with Gasteiger partial charge in [0.05, 0.1) is 6.67 Å². The van der Waals surface area contributed by atoms with Gasteiger partial charge in [0.15, 0.2) is 0 Å². The van der Waals surface area contributed by atoms with E-state index in [2.05, 4.69) is 36.0 Å². The Morgan fingerprint density at radius 1 is 0.867 bits per heavy atom. The van der Waals surface area contributed by atoms with Crippen molar-refractivity contribution in [2.45, 2.75) is 52.4 Å². The second-order valence-electron chi connectivity index (χ2n) is 4.42. The van der Waals surface area contributed by atoms with Crippen LogP contribution in [0.1, 0.15) is 52.4 Å². The lowest BCUT2D eigenvalue weighted by atomic mass is 10.1. The van der Waals surface area contributed by atoms with Gasteiger partial charge in [-0.05, 0) is 13.3 Å². The van der Waals surface area contributed by atoms with Crippen molar-refractivity contribution in [1.29, 1.82) is 0 Å². The van der Waals surface area contributed by atoms with Crippen molar-refractivity contribution < 1.29 is 0 Å². The predicted octanol–water partition coefficient (Wildman–Crippen LogP) is 3.41. The summed E-state index contributed by atoms with van der Waals surface area (Å²) < 4.78 is 0. The van der Waals surface area contributed by atoms with Crippen molar-refractivity contribution in [3.05, 3.63) is 12.4 Å². The molecule has 0 amide bonds. The zero-order valence-electron chi connectivity index (χ0n) is 10.4. The molecule has 15 heavy (non-hydrogen) atoms. The average Bonchev–Trinajstić information content (AvgIpc) is 2.71. The van der Waals surface area contributed by atoms with E-state index in [0.717, 1.165) is 13.2 Å². The standard InChI is InChI=1S/C13H26N2/c1-3-5-6-7-8-9-10-15-12-11-14(4-2)13-15/h11-12H,3-10,13H2,1-2H3. The lowest BCUT2D eigenvalue weighted by Crippen LogP contribution is -2.25. The zero-order chi connectivity index (χ0) is 10.9. The molecule has 0 saturated heterocycles. The van der Waals surface area contributed by atoms with Crippen LogP contribution in [-0.4, -0.2) is 29.6 Å². The molecule has 0 N–H and O–H groups in total. The molecule has 1 heterocycles. The van der Waals surface area contributed by atoms with Gasteiger partial charge in [0, 0.05) is 25.5 Å². The van der Waals surface area contributed by atoms with Crippen molar-refractivity contribution in [3.63, 3.8) is 0 Å². The van der Waals surface area contributed by atoms with Gasteiger partial charge in [0.2, 0.25) is 0 Å². The van der Waals surface area contributed by atoms with Gasteiger partial charge in [-0.25, -0.2) is 0 Å². The van der Waals surface area contributed by atoms with E-state index >= 15 is 0 Å². The van der Waals surface area contributed by atoms with Crippen LogP contribution in [0.4, 0.5) is 0 Å². The molecule has 1 aliphatic heterocycles. The lowest BCUT2D eigenvalue weighted by molar-refractivity contribution is 0.268. The van der Waals surface area contributed by atoms with E-state index in [0.29, 0.717) is 0 Å². The van der Waals surface area contributed by atoms with Gasteiger partial charge in [0.1, 0.15) is 0 Å². The smallest absolute Gasteiger partial charge is 0.0893 e. The topological polar surface area (TPSA) is 6.48 Å². The van der Waals surface area contributed by atoms with Gasteiger partial charge in [-0.2, -0.15) is 0 Å². The molecule has 2 heteroatoms. The van der Waals surface area contributed by atoms with Crippen LogP contribution in [0.3, 0.4) is 0 Å². The van der Waals surface area contributed by atoms with Gasteiger partial charge in [-0.1, -0.05) is 39.0 Å². The summed E-state index contributed by atoms with van der Waals surface area (Å²) in [4.78, 5) is 4.76. The van der Waals surface area contributed by atoms with Crippen molar-refractivity contribution in [3.8, 4) is 0 Å². The second-order valence-corrected chi connectivity index (χ2v) is 4.42. The summed E-state index contributed by atoms with van der Waals surface area (Å²) in [7, 11) is 0. The van der Waals surface area contributed by atoms with E-state index in [9.17, 15) is 0 Å². The molecule has 0 bridgehead atoms. The maximum absolute atomic E-state index is 2.42. The molecule has 0 fully saturated rings. The molecule has 0 unspecified atom stereocenters. The summed E-state index contributed by atoms with van der Waals surface area (Å²) in [5.41, 5.74) is 0. The average molecular weight is 210 g/mol. The van der Waals surface area contributed by atoms with E-state index in [1.165, 1.54) is 45.1 Å². The minimum absolute atomic E-state index is 1.10. The molecule has 2 nitrogen and oxygen atoms in total. The predicted molar refractivity (Wildman–Crippen MR) is 66.5 cm³/mol. The van der Waals surface area contributed by atoms with Crippen LogP contribution in [0.2, 0.25) is 0 Å². The van der Waals surface area contributed by atoms with E-state index in [4.69, 9.17) is 0 Å². The Balaban J connectivity index is 1.91. The molecule has 1 rings (SSSR count). The summed E-state index contributed by atoms with van der Waals surface area (Å²) in [6.45, 7) is 7.95. The number of hydrogen-bond acceptors (Lipinski definition) is 2. The minimum Gasteiger partial charge on any atom is -0.359 e. The number of unbranched alkanes of at least 4 members (excludes halogenated alkanes) is 5. The van der Waals surface area contributed by atoms with Gasteiger partial charge in [0.25, 0.3) is 0 Å². The van der Waals surface area contributed by atoms with Gasteiger partial charge < -0.3 is 9.80 Å². The molecule has 0 aliphatic carbocycles. The van der Waals surface area contributed by atoms with Crippen molar-refractivity contribution in [2.24, 2.45) is 0 Å². The van der Waals surface area contributed by atoms with Crippen LogP contribution in [0.25, 0.3) is 0 Å². The summed E-state index contributed by atoms with van der Waals surface area (Å²) in [5, 5.41) is 0. The Bertz CT molecular complexity index is 177. The Morgan fingerprint density at radius 2 is 1.53 bits per heavy atom. The fraction of sp³-hybridized carbons (Fsp3) is 0.846. The third-order valence-electron chi connectivity index (χ3n) is 3.06. The Morgan fingerprint density at radius 3 is 2.20 bits per heavy atom. The molecular weight excluding hydrogens is 184 g/mol. The molecule has 0 atom stereocenters. The normalized spacial score (nSPS) is 15.3. The first kappa shape index (κ1) is 12.4. The first-order chi connectivity index (χ1) is 7.36. The highest BCUT2D eigenvalue weighted by molar-refractivity contribution is 4.89. The van der Waals surface area contributed by atoms with Crippen LogP contribution in [0.15, 0.2) is 12.4 Å². The van der Waals surface area contributed by atoms with Crippen LogP contribution in [0.5, 0.6) is 0 Å². The fourth-order valence-corrected chi connectivity index (χ4v) is 1.96. The SMILES string of the molecule is CCCCCCCCN1C=CN(CC)C1. The van der Waals surface area contributed by atoms with Crippen LogP contribution < -0.4 is 0 Å². The highest BCUT2D eigenvalue weighted by Gasteiger charge is 2.08. The third kappa shape index (κ3) is 5.10. The first-order valence-corrected chi connectivity index (χ1v) is 6.53. The maximum Gasteiger partial charge on any atom is 0.0893 e. The highest BCUT2D eigenvalue weighted by atomic mass is 15.3. The number of hydrogen-bond donors (Lipinski definition) is 0. The summed E-state index contributed by atoms with van der Waals surface area (Å²) in [6, 6.07) is 0. The fourth-order valence-electron chi connectivity index (χ4n) is 1.96. The van der Waals surface area contributed by atoms with Gasteiger partial charge in [-0.3, -0.25) is 0 Å². The molecule has 1 aliphatic rings. The summed E-state index contributed by atoms with van der Waals surface area (Å²) >= 11 is 0. The zero-order valence-corrected chi connectivity index (χ0v) is 10.4. The Labute approximate surface area is 94.9 Å². The molecule has 0 aromatic heterocycles. The van der Waals surface area contributed by atoms with E-state index < -0.39 is 0 Å². The minimum atomic E-state index is 1.10. The molecule has 0 radical (unpaired) electrons. The van der Waals surface area contributed by atoms with Crippen LogP contribution in [-0.2, 0) is 0 Å². The summed E-state index contributed by atoms with van der Waals surface area (Å²) in [6.07, 6.45) is 12.8. The van der Waals surface area contributed by atoms with Crippen molar-refractivity contribution in [1.82, 2.24) is 9.80 Å². The van der Waals surface area contributed by atoms with Crippen molar-refractivity contribution >= 4 is 0 Å². The summed E-state index contributed by atoms with van der Waals surface area (Å²) in [5.74, 6) is 0. The second kappa shape index (κ2) is 7.61. The molecular formula is C13H26N2. The van der Waals surface area contributed by atoms with E-state index in [1.807, 2.05) is 0 Å². The maximum atomic E-state index is 2.42. The molecule has 88 valence electrons. The first-order valence-electron chi connectivity index (χ1n) is 6.53. The van der Waals surface area contributed by atoms with E-state index in [1.54, 1.807) is 0 Å². The molecule has 0 spiro atoms. The monoisotopic (exact) mass is 210 g/mol. The third-order valence-corrected chi connectivity index (χ3v) is 3.06. The molecule has 0 aromatic rings. The highest BCUT2D eigenvalue weighted by Crippen LogP contribution is 2.09. The number of rotatable bonds is 8. The van der Waals surface area contributed by atoms with Crippen molar-refractivity contribution in [2.75, 3.05) is 19.8 Å². The van der Waals surface area contributed by atoms with Gasteiger partial charge in [-0.15, -0.1) is 0 Å². The quantitative estimate of drug-likeness (QED) is 0.566. The van der Waals surface area contributed by atoms with E-state index in [-0.39, 0.29) is 0 Å². The Kier molecular flexibility index (Phi) is 6.29. The Hall–Kier alpha value is -0.660. The van der Waals surface area contributed by atoms with Crippen LogP contribution >= 0.6 is 0 Å². The molecule has 0 saturated carbocycles. The molecule has 0 aromatic carbocycles. The lowest BCUT2D eigenvalue weighted by Gasteiger charge is -2.19.